The van der Waals surface area contributed by atoms with Gasteiger partial charge in [-0.05, 0) is 48.9 Å². The quantitative estimate of drug-likeness (QED) is 0.724. The highest BCUT2D eigenvalue weighted by atomic mass is 16.5. The molecule has 7 heteroatoms. The van der Waals surface area contributed by atoms with Gasteiger partial charge in [-0.1, -0.05) is 42.5 Å². The molecule has 3 aliphatic rings. The maximum absolute atomic E-state index is 13.3. The predicted octanol–water partition coefficient (Wildman–Crippen LogP) is 2.11. The Morgan fingerprint density at radius 3 is 2.41 bits per heavy atom. The third kappa shape index (κ3) is 5.17. The number of nitrogens with one attached hydrogen (secondary N) is 1. The standard InChI is InChI=1S/C27H32N2O5/c30-22-15-29(27(32)18-6-2-1-3-7-18)24-11-10-23(34-25(24)17-33-16-22)14-26(31)28-21-12-19-8-4-5-9-20(19)13-21/h1-9,21-25,30H,10-17H2,(H,28,31)/t22-,23+,24-,25+/m0/s1. The number of nitrogens with zero attached hydrogens (tertiary/aromatic N) is 1. The van der Waals surface area contributed by atoms with Gasteiger partial charge in [0.1, 0.15) is 6.10 Å². The normalized spacial score (nSPS) is 27.3. The van der Waals surface area contributed by atoms with Crippen LogP contribution in [0, 0.1) is 0 Å². The summed E-state index contributed by atoms with van der Waals surface area (Å²) in [5.41, 5.74) is 3.21. The smallest absolute Gasteiger partial charge is 0.254 e. The van der Waals surface area contributed by atoms with Gasteiger partial charge in [-0.3, -0.25) is 9.59 Å². The molecule has 2 fully saturated rings. The number of rotatable bonds is 4. The minimum atomic E-state index is -0.743. The van der Waals surface area contributed by atoms with Crippen LogP contribution in [0.15, 0.2) is 54.6 Å². The van der Waals surface area contributed by atoms with Gasteiger partial charge in [0.2, 0.25) is 5.91 Å². The number of aliphatic hydroxyl groups is 1. The zero-order valence-electron chi connectivity index (χ0n) is 19.3. The van der Waals surface area contributed by atoms with Gasteiger partial charge in [0.15, 0.2) is 0 Å². The zero-order chi connectivity index (χ0) is 23.5. The molecule has 2 aromatic rings. The molecule has 5 rings (SSSR count). The van der Waals surface area contributed by atoms with Crippen molar-refractivity contribution < 1.29 is 24.2 Å². The summed E-state index contributed by atoms with van der Waals surface area (Å²) in [6.45, 7) is 0.639. The van der Waals surface area contributed by atoms with Gasteiger partial charge in [-0.25, -0.2) is 0 Å². The topological polar surface area (TPSA) is 88.1 Å². The number of β-amino-alcohol motifs (C(OH)–C–C–N with tert-alkyl or cyclic N) is 1. The van der Waals surface area contributed by atoms with Gasteiger partial charge in [0.25, 0.3) is 5.91 Å². The van der Waals surface area contributed by atoms with E-state index in [0.717, 1.165) is 12.8 Å². The zero-order valence-corrected chi connectivity index (χ0v) is 19.3. The van der Waals surface area contributed by atoms with Gasteiger partial charge in [-0.2, -0.15) is 0 Å². The molecule has 7 nitrogen and oxygen atoms in total. The van der Waals surface area contributed by atoms with E-state index < -0.39 is 6.10 Å². The third-order valence-electron chi connectivity index (χ3n) is 7.09. The van der Waals surface area contributed by atoms with Crippen molar-refractivity contribution in [3.05, 3.63) is 71.3 Å². The van der Waals surface area contributed by atoms with E-state index in [4.69, 9.17) is 9.47 Å². The molecule has 2 heterocycles. The van der Waals surface area contributed by atoms with E-state index in [0.29, 0.717) is 24.8 Å². The molecular formula is C27H32N2O5. The van der Waals surface area contributed by atoms with Crippen molar-refractivity contribution in [3.63, 3.8) is 0 Å². The first-order chi connectivity index (χ1) is 16.6. The highest BCUT2D eigenvalue weighted by Crippen LogP contribution is 2.29. The Kier molecular flexibility index (Phi) is 6.94. The van der Waals surface area contributed by atoms with E-state index in [1.165, 1.54) is 11.1 Å². The lowest BCUT2D eigenvalue weighted by atomic mass is 9.94. The Labute approximate surface area is 200 Å². The molecule has 2 amide bonds. The molecule has 2 aliphatic heterocycles. The van der Waals surface area contributed by atoms with Crippen molar-refractivity contribution in [1.82, 2.24) is 10.2 Å². The first kappa shape index (κ1) is 23.0. The van der Waals surface area contributed by atoms with Crippen LogP contribution in [0.2, 0.25) is 0 Å². The van der Waals surface area contributed by atoms with Gasteiger partial charge >= 0.3 is 0 Å². The van der Waals surface area contributed by atoms with Gasteiger partial charge in [0.05, 0.1) is 37.9 Å². The van der Waals surface area contributed by atoms with E-state index in [1.807, 2.05) is 30.3 Å². The number of hydrogen-bond donors (Lipinski definition) is 2. The van der Waals surface area contributed by atoms with Crippen molar-refractivity contribution in [2.24, 2.45) is 0 Å². The van der Waals surface area contributed by atoms with Crippen LogP contribution in [-0.2, 0) is 27.1 Å². The molecule has 2 N–H and O–H groups in total. The summed E-state index contributed by atoms with van der Waals surface area (Å²) >= 11 is 0. The van der Waals surface area contributed by atoms with Crippen LogP contribution >= 0.6 is 0 Å². The summed E-state index contributed by atoms with van der Waals surface area (Å²) in [5, 5.41) is 13.5. The van der Waals surface area contributed by atoms with Crippen LogP contribution in [0.4, 0.5) is 0 Å². The number of amides is 2. The fourth-order valence-electron chi connectivity index (χ4n) is 5.48. The summed E-state index contributed by atoms with van der Waals surface area (Å²) < 4.78 is 12.0. The summed E-state index contributed by atoms with van der Waals surface area (Å²) in [6.07, 6.45) is 2.11. The van der Waals surface area contributed by atoms with Crippen molar-refractivity contribution in [2.75, 3.05) is 19.8 Å². The molecule has 2 saturated heterocycles. The average molecular weight is 465 g/mol. The number of ether oxygens (including phenoxy) is 2. The second-order valence-corrected chi connectivity index (χ2v) is 9.60. The Bertz CT molecular complexity index is 988. The molecular weight excluding hydrogens is 432 g/mol. The minimum absolute atomic E-state index is 0.000610. The molecule has 0 bridgehead atoms. The summed E-state index contributed by atoms with van der Waals surface area (Å²) in [5.74, 6) is -0.113. The molecule has 180 valence electrons. The number of carbonyl (C=O) groups excluding carboxylic acids is 2. The number of carbonyl (C=O) groups is 2. The maximum atomic E-state index is 13.3. The predicted molar refractivity (Wildman–Crippen MR) is 126 cm³/mol. The van der Waals surface area contributed by atoms with Crippen molar-refractivity contribution in [2.45, 2.75) is 62.5 Å². The van der Waals surface area contributed by atoms with Crippen LogP contribution < -0.4 is 5.32 Å². The van der Waals surface area contributed by atoms with Crippen LogP contribution in [0.25, 0.3) is 0 Å². The van der Waals surface area contributed by atoms with Crippen LogP contribution in [0.5, 0.6) is 0 Å². The van der Waals surface area contributed by atoms with Crippen LogP contribution in [-0.4, -0.2) is 72.0 Å². The number of aliphatic hydroxyl groups excluding tert-OH is 1. The molecule has 0 aromatic heterocycles. The Balaban J connectivity index is 1.20. The number of hydrogen-bond acceptors (Lipinski definition) is 5. The lowest BCUT2D eigenvalue weighted by molar-refractivity contribution is -0.151. The van der Waals surface area contributed by atoms with Gasteiger partial charge in [-0.15, -0.1) is 0 Å². The van der Waals surface area contributed by atoms with Crippen molar-refractivity contribution >= 4 is 11.8 Å². The fourth-order valence-corrected chi connectivity index (χ4v) is 5.48. The lowest BCUT2D eigenvalue weighted by Gasteiger charge is -2.44. The van der Waals surface area contributed by atoms with E-state index in [2.05, 4.69) is 17.4 Å². The molecule has 0 spiro atoms. The molecule has 1 aliphatic carbocycles. The first-order valence-electron chi connectivity index (χ1n) is 12.2. The van der Waals surface area contributed by atoms with E-state index in [1.54, 1.807) is 17.0 Å². The molecule has 0 unspecified atom stereocenters. The third-order valence-corrected chi connectivity index (χ3v) is 7.09. The summed E-state index contributed by atoms with van der Waals surface area (Å²) in [4.78, 5) is 27.8. The monoisotopic (exact) mass is 464 g/mol. The first-order valence-corrected chi connectivity index (χ1v) is 12.2. The molecule has 0 saturated carbocycles. The molecule has 2 aromatic carbocycles. The van der Waals surface area contributed by atoms with E-state index in [9.17, 15) is 14.7 Å². The SMILES string of the molecule is O=C(C[C@H]1CC[C@H]2[C@@H](COC[C@@H](O)CN2C(=O)c2ccccc2)O1)NC1Cc2ccccc2C1. The Hall–Kier alpha value is -2.74. The summed E-state index contributed by atoms with van der Waals surface area (Å²) in [7, 11) is 0. The highest BCUT2D eigenvalue weighted by molar-refractivity contribution is 5.94. The number of fused-ring (bicyclic) bond motifs is 2. The van der Waals surface area contributed by atoms with Crippen molar-refractivity contribution in [1.29, 1.82) is 0 Å². The van der Waals surface area contributed by atoms with Crippen LogP contribution in [0.3, 0.4) is 0 Å². The molecule has 0 radical (unpaired) electrons. The second kappa shape index (κ2) is 10.3. The molecule has 34 heavy (non-hydrogen) atoms. The average Bonchev–Trinajstić information content (AvgIpc) is 3.24. The maximum Gasteiger partial charge on any atom is 0.254 e. The largest absolute Gasteiger partial charge is 0.389 e. The van der Waals surface area contributed by atoms with Crippen molar-refractivity contribution in [3.8, 4) is 0 Å². The summed E-state index contributed by atoms with van der Waals surface area (Å²) in [6, 6.07) is 17.4. The minimum Gasteiger partial charge on any atom is -0.389 e. The fraction of sp³-hybridized carbons (Fsp3) is 0.481. The Morgan fingerprint density at radius 2 is 1.68 bits per heavy atom. The Morgan fingerprint density at radius 1 is 0.971 bits per heavy atom. The van der Waals surface area contributed by atoms with E-state index >= 15 is 0 Å². The second-order valence-electron chi connectivity index (χ2n) is 9.60. The lowest BCUT2D eigenvalue weighted by Crippen LogP contribution is -2.57. The van der Waals surface area contributed by atoms with Crippen LogP contribution in [0.1, 0.15) is 40.7 Å². The number of benzene rings is 2. The van der Waals surface area contributed by atoms with Gasteiger partial charge < -0.3 is 24.8 Å². The van der Waals surface area contributed by atoms with Gasteiger partial charge in [0, 0.05) is 18.2 Å². The highest BCUT2D eigenvalue weighted by Gasteiger charge is 2.40. The van der Waals surface area contributed by atoms with E-state index in [-0.39, 0.29) is 55.9 Å². The molecule has 4 atom stereocenters.